The Morgan fingerprint density at radius 2 is 1.53 bits per heavy atom. The zero-order chi connectivity index (χ0) is 25.3. The highest BCUT2D eigenvalue weighted by Crippen LogP contribution is 2.38. The highest BCUT2D eigenvalue weighted by atomic mass is 19.4. The third kappa shape index (κ3) is 6.45. The summed E-state index contributed by atoms with van der Waals surface area (Å²) in [5, 5.41) is 20.2. The van der Waals surface area contributed by atoms with Gasteiger partial charge in [-0.2, -0.15) is 26.3 Å². The van der Waals surface area contributed by atoms with Crippen LogP contribution in [0.3, 0.4) is 0 Å². The van der Waals surface area contributed by atoms with Crippen molar-refractivity contribution in [3.05, 3.63) is 70.5 Å². The van der Waals surface area contributed by atoms with E-state index in [2.05, 4.69) is 0 Å². The number of halogens is 7. The Morgan fingerprint density at radius 3 is 2.06 bits per heavy atom. The number of alkyl halides is 6. The fraction of sp³-hybridized carbons (Fsp3) is 0.455. The molecule has 2 aromatic carbocycles. The van der Waals surface area contributed by atoms with E-state index in [1.807, 2.05) is 0 Å². The molecule has 2 aromatic rings. The van der Waals surface area contributed by atoms with Crippen molar-refractivity contribution in [1.82, 2.24) is 0 Å². The molecule has 5 nitrogen and oxygen atoms in total. The molecule has 5 atom stereocenters. The topological polar surface area (TPSA) is 68.2 Å². The van der Waals surface area contributed by atoms with Crippen molar-refractivity contribution >= 4 is 0 Å². The van der Waals surface area contributed by atoms with Crippen molar-refractivity contribution in [3.63, 3.8) is 0 Å². The molecular weight excluding hydrogens is 477 g/mol. The molecule has 1 fully saturated rings. The Morgan fingerprint density at radius 1 is 0.971 bits per heavy atom. The fourth-order valence-electron chi connectivity index (χ4n) is 3.33. The summed E-state index contributed by atoms with van der Waals surface area (Å²) in [6.07, 6.45) is -17.1. The van der Waals surface area contributed by atoms with Gasteiger partial charge in [-0.3, -0.25) is 0 Å². The summed E-state index contributed by atoms with van der Waals surface area (Å²) in [7, 11) is 0. The largest absolute Gasteiger partial charge is 0.416 e. The molecular formula is C22H21F7O5. The van der Waals surface area contributed by atoms with E-state index in [0.717, 1.165) is 0 Å². The van der Waals surface area contributed by atoms with Crippen LogP contribution in [0.25, 0.3) is 0 Å². The maximum Gasteiger partial charge on any atom is 0.416 e. The van der Waals surface area contributed by atoms with E-state index in [9.17, 15) is 40.9 Å². The fourth-order valence-corrected chi connectivity index (χ4v) is 3.33. The molecule has 3 rings (SSSR count). The summed E-state index contributed by atoms with van der Waals surface area (Å²) in [6.45, 7) is 0.632. The highest BCUT2D eigenvalue weighted by molar-refractivity contribution is 5.34. The van der Waals surface area contributed by atoms with Crippen molar-refractivity contribution in [2.45, 2.75) is 56.6 Å². The van der Waals surface area contributed by atoms with Crippen LogP contribution in [0.1, 0.15) is 35.3 Å². The molecule has 0 amide bonds. The van der Waals surface area contributed by atoms with E-state index >= 15 is 0 Å². The van der Waals surface area contributed by atoms with Gasteiger partial charge in [0.25, 0.3) is 0 Å². The molecule has 34 heavy (non-hydrogen) atoms. The Kier molecular flexibility index (Phi) is 7.88. The van der Waals surface area contributed by atoms with Crippen molar-refractivity contribution in [2.24, 2.45) is 0 Å². The number of rotatable bonds is 6. The average molecular weight is 498 g/mol. The van der Waals surface area contributed by atoms with Crippen LogP contribution in [-0.2, 0) is 33.2 Å². The van der Waals surface area contributed by atoms with Crippen molar-refractivity contribution in [3.8, 4) is 0 Å². The van der Waals surface area contributed by atoms with Gasteiger partial charge in [0, 0.05) is 0 Å². The van der Waals surface area contributed by atoms with E-state index in [1.165, 1.54) is 31.2 Å². The Bertz CT molecular complexity index is 929. The van der Waals surface area contributed by atoms with Gasteiger partial charge in [0.1, 0.15) is 24.1 Å². The number of aliphatic hydroxyl groups excluding tert-OH is 2. The maximum absolute atomic E-state index is 13.2. The quantitative estimate of drug-likeness (QED) is 0.570. The van der Waals surface area contributed by atoms with Crippen LogP contribution in [0.4, 0.5) is 30.7 Å². The van der Waals surface area contributed by atoms with Crippen molar-refractivity contribution < 1.29 is 55.2 Å². The minimum atomic E-state index is -5.03. The molecule has 1 aliphatic heterocycles. The molecule has 0 unspecified atom stereocenters. The molecule has 2 N–H and O–H groups in total. The molecule has 0 radical (unpaired) electrons. The van der Waals surface area contributed by atoms with Gasteiger partial charge < -0.3 is 24.4 Å². The average Bonchev–Trinajstić information content (AvgIpc) is 2.75. The first-order valence-corrected chi connectivity index (χ1v) is 10.0. The summed E-state index contributed by atoms with van der Waals surface area (Å²) < 4.78 is 108. The number of aliphatic hydroxyl groups is 2. The van der Waals surface area contributed by atoms with E-state index in [0.29, 0.717) is 17.7 Å². The Labute approximate surface area is 189 Å². The molecule has 1 aliphatic rings. The first kappa shape index (κ1) is 26.4. The molecule has 0 bridgehead atoms. The van der Waals surface area contributed by atoms with E-state index in [4.69, 9.17) is 14.2 Å². The smallest absolute Gasteiger partial charge is 0.388 e. The summed E-state index contributed by atoms with van der Waals surface area (Å²) in [6, 6.07) is 6.21. The van der Waals surface area contributed by atoms with E-state index in [-0.39, 0.29) is 12.7 Å². The summed E-state index contributed by atoms with van der Waals surface area (Å²) in [5.41, 5.74) is -2.94. The first-order valence-electron chi connectivity index (χ1n) is 10.0. The van der Waals surface area contributed by atoms with Crippen LogP contribution in [0.15, 0.2) is 42.5 Å². The number of ether oxygens (including phenoxy) is 3. The van der Waals surface area contributed by atoms with Crippen LogP contribution in [-0.4, -0.2) is 41.4 Å². The van der Waals surface area contributed by atoms with Gasteiger partial charge in [-0.15, -0.1) is 0 Å². The van der Waals surface area contributed by atoms with Gasteiger partial charge in [-0.05, 0) is 48.4 Å². The summed E-state index contributed by atoms with van der Waals surface area (Å²) in [4.78, 5) is 0. The predicted molar refractivity (Wildman–Crippen MR) is 103 cm³/mol. The third-order valence-corrected chi connectivity index (χ3v) is 5.20. The van der Waals surface area contributed by atoms with Crippen molar-refractivity contribution in [2.75, 3.05) is 6.61 Å². The Hall–Kier alpha value is -2.25. The third-order valence-electron chi connectivity index (χ3n) is 5.20. The standard InChI is InChI=1S/C22H21F7O5/c1-11(13-6-14(21(24,25)26)8-15(7-13)22(27,28)29)34-20-19(18(31)17(30)10-33-20)32-9-12-2-4-16(23)5-3-12/h2-8,11,17-20,30-31H,9-10H2,1H3/t11-,17+,18+,19-,20-/m1/s1. The van der Waals surface area contributed by atoms with Gasteiger partial charge in [-0.25, -0.2) is 4.39 Å². The molecule has 188 valence electrons. The highest BCUT2D eigenvalue weighted by Gasteiger charge is 2.42. The number of hydrogen-bond acceptors (Lipinski definition) is 5. The number of hydrogen-bond donors (Lipinski definition) is 2. The van der Waals surface area contributed by atoms with E-state index in [1.54, 1.807) is 0 Å². The van der Waals surface area contributed by atoms with Crippen molar-refractivity contribution in [1.29, 1.82) is 0 Å². The van der Waals surface area contributed by atoms with Crippen LogP contribution in [0.5, 0.6) is 0 Å². The minimum absolute atomic E-state index is 0.00203. The lowest BCUT2D eigenvalue weighted by Crippen LogP contribution is -2.55. The Balaban J connectivity index is 1.81. The molecule has 0 saturated carbocycles. The second-order valence-corrected chi connectivity index (χ2v) is 7.78. The molecule has 0 aliphatic carbocycles. The second-order valence-electron chi connectivity index (χ2n) is 7.78. The molecule has 1 saturated heterocycles. The summed E-state index contributed by atoms with van der Waals surface area (Å²) in [5.74, 6) is -0.491. The van der Waals surface area contributed by atoms with Gasteiger partial charge in [0.05, 0.1) is 30.4 Å². The second kappa shape index (κ2) is 10.2. The molecule has 0 aromatic heterocycles. The summed E-state index contributed by atoms with van der Waals surface area (Å²) >= 11 is 0. The van der Waals surface area contributed by atoms with Crippen LogP contribution < -0.4 is 0 Å². The van der Waals surface area contributed by atoms with Crippen LogP contribution in [0, 0.1) is 5.82 Å². The normalized spacial score (nSPS) is 24.8. The molecule has 12 heteroatoms. The zero-order valence-corrected chi connectivity index (χ0v) is 17.6. The first-order chi connectivity index (χ1) is 15.8. The minimum Gasteiger partial charge on any atom is -0.388 e. The van der Waals surface area contributed by atoms with Gasteiger partial charge >= 0.3 is 12.4 Å². The van der Waals surface area contributed by atoms with Gasteiger partial charge in [0.2, 0.25) is 0 Å². The monoisotopic (exact) mass is 498 g/mol. The van der Waals surface area contributed by atoms with Gasteiger partial charge in [0.15, 0.2) is 6.29 Å². The lowest BCUT2D eigenvalue weighted by Gasteiger charge is -2.39. The SMILES string of the molecule is C[C@@H](O[C@H]1OC[C@H](O)[C@H](O)[C@H]1OCc1ccc(F)cc1)c1cc(C(F)(F)F)cc(C(F)(F)F)c1. The van der Waals surface area contributed by atoms with Crippen LogP contribution in [0.2, 0.25) is 0 Å². The molecule has 1 heterocycles. The maximum atomic E-state index is 13.2. The van der Waals surface area contributed by atoms with E-state index < -0.39 is 72.2 Å². The number of benzene rings is 2. The molecule has 0 spiro atoms. The lowest BCUT2D eigenvalue weighted by molar-refractivity contribution is -0.294. The van der Waals surface area contributed by atoms with Crippen LogP contribution >= 0.6 is 0 Å². The zero-order valence-electron chi connectivity index (χ0n) is 17.6. The predicted octanol–water partition coefficient (Wildman–Crippen LogP) is 4.60. The van der Waals surface area contributed by atoms with Gasteiger partial charge in [-0.1, -0.05) is 12.1 Å². The lowest BCUT2D eigenvalue weighted by atomic mass is 10.0.